The number of carboxylic acids is 1. The van der Waals surface area contributed by atoms with Gasteiger partial charge in [-0.3, -0.25) is 4.79 Å². The first kappa shape index (κ1) is 15.9. The number of aliphatic carboxylic acids is 1. The third kappa shape index (κ3) is 4.23. The second-order valence-electron chi connectivity index (χ2n) is 6.18. The first-order chi connectivity index (χ1) is 10.1. The second kappa shape index (κ2) is 7.48. The van der Waals surface area contributed by atoms with Crippen LogP contribution in [0.3, 0.4) is 0 Å². The van der Waals surface area contributed by atoms with Gasteiger partial charge >= 0.3 is 5.97 Å². The molecule has 3 nitrogen and oxygen atoms in total. The van der Waals surface area contributed by atoms with E-state index in [-0.39, 0.29) is 5.92 Å². The summed E-state index contributed by atoms with van der Waals surface area (Å²) in [5.41, 5.74) is 1.26. The Bertz CT molecular complexity index is 452. The third-order valence-corrected chi connectivity index (χ3v) is 4.95. The number of carboxylic acid groups (broad SMARTS) is 1. The number of hydrogen-bond donors (Lipinski definition) is 1. The van der Waals surface area contributed by atoms with E-state index < -0.39 is 5.97 Å². The van der Waals surface area contributed by atoms with Crippen LogP contribution in [0.2, 0.25) is 0 Å². The van der Waals surface area contributed by atoms with Crippen LogP contribution in [0.15, 0.2) is 24.3 Å². The highest BCUT2D eigenvalue weighted by Gasteiger charge is 2.33. The van der Waals surface area contributed by atoms with E-state index in [1.54, 1.807) is 7.11 Å². The average Bonchev–Trinajstić information content (AvgIpc) is 2.52. The lowest BCUT2D eigenvalue weighted by Crippen LogP contribution is -2.31. The molecule has 0 heterocycles. The molecule has 0 radical (unpaired) electrons. The van der Waals surface area contributed by atoms with Gasteiger partial charge in [0, 0.05) is 0 Å². The van der Waals surface area contributed by atoms with Crippen molar-refractivity contribution in [3.63, 3.8) is 0 Å². The van der Waals surface area contributed by atoms with Gasteiger partial charge in [-0.1, -0.05) is 25.5 Å². The van der Waals surface area contributed by atoms with Crippen LogP contribution in [0.1, 0.15) is 44.6 Å². The van der Waals surface area contributed by atoms with E-state index in [0.29, 0.717) is 11.8 Å². The quantitative estimate of drug-likeness (QED) is 0.856. The Morgan fingerprint density at radius 1 is 1.29 bits per heavy atom. The number of carbonyl (C=O) groups is 1. The van der Waals surface area contributed by atoms with Crippen molar-refractivity contribution < 1.29 is 14.6 Å². The lowest BCUT2D eigenvalue weighted by Gasteiger charge is -2.33. The molecule has 0 amide bonds. The molecule has 2 rings (SSSR count). The van der Waals surface area contributed by atoms with Crippen molar-refractivity contribution in [2.45, 2.75) is 45.4 Å². The molecule has 0 aromatic heterocycles. The van der Waals surface area contributed by atoms with E-state index in [9.17, 15) is 9.90 Å². The SMILES string of the molecule is CCC1CCC(C(=O)O)C(CCc2ccc(OC)cc2)C1. The van der Waals surface area contributed by atoms with Gasteiger partial charge in [0.15, 0.2) is 0 Å². The predicted molar refractivity (Wildman–Crippen MR) is 83.6 cm³/mol. The summed E-state index contributed by atoms with van der Waals surface area (Å²) in [6.45, 7) is 2.21. The smallest absolute Gasteiger partial charge is 0.306 e. The van der Waals surface area contributed by atoms with Crippen LogP contribution >= 0.6 is 0 Å². The van der Waals surface area contributed by atoms with Crippen molar-refractivity contribution in [2.24, 2.45) is 17.8 Å². The Kier molecular flexibility index (Phi) is 5.66. The van der Waals surface area contributed by atoms with Gasteiger partial charge in [-0.05, 0) is 61.6 Å². The molecule has 1 aromatic carbocycles. The predicted octanol–water partition coefficient (Wildman–Crippen LogP) is 4.15. The van der Waals surface area contributed by atoms with Crippen molar-refractivity contribution in [1.29, 1.82) is 0 Å². The zero-order valence-corrected chi connectivity index (χ0v) is 13.0. The largest absolute Gasteiger partial charge is 0.497 e. The topological polar surface area (TPSA) is 46.5 Å². The number of benzene rings is 1. The molecule has 0 spiro atoms. The standard InChI is InChI=1S/C18H26O3/c1-3-13-7-11-17(18(19)20)15(12-13)8-4-14-5-9-16(21-2)10-6-14/h5-6,9-10,13,15,17H,3-4,7-8,11-12H2,1-2H3,(H,19,20). The number of hydrogen-bond acceptors (Lipinski definition) is 2. The third-order valence-electron chi connectivity index (χ3n) is 4.95. The first-order valence-corrected chi connectivity index (χ1v) is 7.99. The summed E-state index contributed by atoms with van der Waals surface area (Å²) < 4.78 is 5.16. The zero-order chi connectivity index (χ0) is 15.2. The van der Waals surface area contributed by atoms with E-state index in [1.807, 2.05) is 12.1 Å². The Balaban J connectivity index is 1.95. The maximum Gasteiger partial charge on any atom is 0.306 e. The fourth-order valence-electron chi connectivity index (χ4n) is 3.52. The van der Waals surface area contributed by atoms with E-state index >= 15 is 0 Å². The highest BCUT2D eigenvalue weighted by molar-refractivity contribution is 5.70. The van der Waals surface area contributed by atoms with Gasteiger partial charge in [-0.2, -0.15) is 0 Å². The van der Waals surface area contributed by atoms with Crippen LogP contribution in [0.25, 0.3) is 0 Å². The number of methoxy groups -OCH3 is 1. The summed E-state index contributed by atoms with van der Waals surface area (Å²) >= 11 is 0. The lowest BCUT2D eigenvalue weighted by atomic mass is 9.71. The van der Waals surface area contributed by atoms with Gasteiger partial charge < -0.3 is 9.84 Å². The maximum atomic E-state index is 11.4. The second-order valence-corrected chi connectivity index (χ2v) is 6.18. The van der Waals surface area contributed by atoms with Crippen molar-refractivity contribution in [2.75, 3.05) is 7.11 Å². The van der Waals surface area contributed by atoms with Crippen LogP contribution in [-0.4, -0.2) is 18.2 Å². The minimum atomic E-state index is -0.607. The van der Waals surface area contributed by atoms with Gasteiger partial charge in [0.05, 0.1) is 13.0 Å². The van der Waals surface area contributed by atoms with E-state index in [2.05, 4.69) is 19.1 Å². The Morgan fingerprint density at radius 3 is 2.57 bits per heavy atom. The highest BCUT2D eigenvalue weighted by Crippen LogP contribution is 2.38. The molecule has 1 saturated carbocycles. The van der Waals surface area contributed by atoms with Crippen LogP contribution in [0.4, 0.5) is 0 Å². The lowest BCUT2D eigenvalue weighted by molar-refractivity contribution is -0.145. The fraction of sp³-hybridized carbons (Fsp3) is 0.611. The monoisotopic (exact) mass is 290 g/mol. The zero-order valence-electron chi connectivity index (χ0n) is 13.0. The Labute approximate surface area is 127 Å². The first-order valence-electron chi connectivity index (χ1n) is 7.99. The molecular weight excluding hydrogens is 264 g/mol. The van der Waals surface area contributed by atoms with Gasteiger partial charge in [-0.15, -0.1) is 0 Å². The minimum absolute atomic E-state index is 0.147. The molecule has 1 aliphatic carbocycles. The highest BCUT2D eigenvalue weighted by atomic mass is 16.5. The molecule has 0 aliphatic heterocycles. The van der Waals surface area contributed by atoms with E-state index in [0.717, 1.165) is 37.9 Å². The molecule has 21 heavy (non-hydrogen) atoms. The fourth-order valence-corrected chi connectivity index (χ4v) is 3.52. The molecule has 116 valence electrons. The molecule has 0 bridgehead atoms. The molecular formula is C18H26O3. The Hall–Kier alpha value is -1.51. The summed E-state index contributed by atoms with van der Waals surface area (Å²) in [6.07, 6.45) is 6.09. The average molecular weight is 290 g/mol. The van der Waals surface area contributed by atoms with Gasteiger partial charge in [-0.25, -0.2) is 0 Å². The maximum absolute atomic E-state index is 11.4. The molecule has 1 aliphatic rings. The van der Waals surface area contributed by atoms with Crippen LogP contribution in [0.5, 0.6) is 5.75 Å². The number of ether oxygens (including phenoxy) is 1. The van der Waals surface area contributed by atoms with Crippen molar-refractivity contribution in [1.82, 2.24) is 0 Å². The number of rotatable bonds is 6. The van der Waals surface area contributed by atoms with Gasteiger partial charge in [0.25, 0.3) is 0 Å². The molecule has 3 unspecified atom stereocenters. The number of aryl methyl sites for hydroxylation is 1. The molecule has 1 fully saturated rings. The van der Waals surface area contributed by atoms with Gasteiger partial charge in [0.1, 0.15) is 5.75 Å². The summed E-state index contributed by atoms with van der Waals surface area (Å²) in [6, 6.07) is 8.10. The van der Waals surface area contributed by atoms with Crippen molar-refractivity contribution >= 4 is 5.97 Å². The molecule has 0 saturated heterocycles. The molecule has 1 N–H and O–H groups in total. The summed E-state index contributed by atoms with van der Waals surface area (Å²) in [5.74, 6) is 1.14. The molecule has 3 atom stereocenters. The summed E-state index contributed by atoms with van der Waals surface area (Å²) in [5, 5.41) is 9.42. The van der Waals surface area contributed by atoms with Crippen LogP contribution in [-0.2, 0) is 11.2 Å². The van der Waals surface area contributed by atoms with Gasteiger partial charge in [0.2, 0.25) is 0 Å². The molecule has 1 aromatic rings. The van der Waals surface area contributed by atoms with Crippen molar-refractivity contribution in [3.8, 4) is 5.75 Å². The molecule has 3 heteroatoms. The summed E-state index contributed by atoms with van der Waals surface area (Å²) in [7, 11) is 1.67. The van der Waals surface area contributed by atoms with Crippen LogP contribution < -0.4 is 4.74 Å². The minimum Gasteiger partial charge on any atom is -0.497 e. The van der Waals surface area contributed by atoms with Crippen molar-refractivity contribution in [3.05, 3.63) is 29.8 Å². The van der Waals surface area contributed by atoms with Crippen LogP contribution in [0, 0.1) is 17.8 Å². The van der Waals surface area contributed by atoms with E-state index in [1.165, 1.54) is 12.0 Å². The summed E-state index contributed by atoms with van der Waals surface area (Å²) in [4.78, 5) is 11.4. The van der Waals surface area contributed by atoms with E-state index in [4.69, 9.17) is 4.74 Å². The normalized spacial score (nSPS) is 25.5. The Morgan fingerprint density at radius 2 is 2.00 bits per heavy atom.